The maximum absolute atomic E-state index is 10.1. The maximum atomic E-state index is 10.1. The highest BCUT2D eigenvalue weighted by Gasteiger charge is 2.18. The molecule has 3 nitrogen and oxygen atoms in total. The molecule has 1 atom stereocenters. The molecule has 1 N–H and O–H groups in total. The van der Waals surface area contributed by atoms with Crippen LogP contribution in [0.1, 0.15) is 43.1 Å². The van der Waals surface area contributed by atoms with Crippen LogP contribution in [0, 0.1) is 0 Å². The summed E-state index contributed by atoms with van der Waals surface area (Å²) in [5, 5.41) is 13.2. The number of aromatic nitrogens is 2. The van der Waals surface area contributed by atoms with Gasteiger partial charge in [-0.2, -0.15) is 0 Å². The molecule has 1 unspecified atom stereocenters. The summed E-state index contributed by atoms with van der Waals surface area (Å²) in [5.74, 6) is 0. The SMILES string of the molecule is CC(C)(C)c1csc(CC(O)c2cccnc2)n1. The molecule has 2 rings (SSSR count). The van der Waals surface area contributed by atoms with Crippen LogP contribution in [0.3, 0.4) is 0 Å². The second kappa shape index (κ2) is 5.16. The molecule has 0 saturated heterocycles. The topological polar surface area (TPSA) is 46.0 Å². The van der Waals surface area contributed by atoms with Gasteiger partial charge in [0.25, 0.3) is 0 Å². The van der Waals surface area contributed by atoms with Crippen molar-refractivity contribution in [3.05, 3.63) is 46.2 Å². The molecule has 0 aliphatic rings. The van der Waals surface area contributed by atoms with E-state index in [0.29, 0.717) is 6.42 Å². The largest absolute Gasteiger partial charge is 0.388 e. The molecule has 4 heteroatoms. The van der Waals surface area contributed by atoms with E-state index in [1.54, 1.807) is 23.7 Å². The number of rotatable bonds is 3. The van der Waals surface area contributed by atoms with Crippen molar-refractivity contribution in [1.82, 2.24) is 9.97 Å². The van der Waals surface area contributed by atoms with Crippen molar-refractivity contribution in [2.24, 2.45) is 0 Å². The minimum absolute atomic E-state index is 0.0635. The second-order valence-corrected chi connectivity index (χ2v) is 6.33. The van der Waals surface area contributed by atoms with Crippen LogP contribution in [0.5, 0.6) is 0 Å². The summed E-state index contributed by atoms with van der Waals surface area (Å²) < 4.78 is 0. The lowest BCUT2D eigenvalue weighted by Gasteiger charge is -2.14. The number of aliphatic hydroxyl groups excluding tert-OH is 1. The Kier molecular flexibility index (Phi) is 3.78. The van der Waals surface area contributed by atoms with Crippen molar-refractivity contribution in [2.75, 3.05) is 0 Å². The summed E-state index contributed by atoms with van der Waals surface area (Å²) >= 11 is 1.61. The minimum atomic E-state index is -0.530. The van der Waals surface area contributed by atoms with Crippen LogP contribution in [0.15, 0.2) is 29.9 Å². The highest BCUT2D eigenvalue weighted by molar-refractivity contribution is 7.09. The molecule has 0 radical (unpaired) electrons. The predicted molar refractivity (Wildman–Crippen MR) is 73.7 cm³/mol. The summed E-state index contributed by atoms with van der Waals surface area (Å²) in [6.45, 7) is 6.43. The molecule has 2 aromatic heterocycles. The number of hydrogen-bond donors (Lipinski definition) is 1. The van der Waals surface area contributed by atoms with Gasteiger partial charge in [0.05, 0.1) is 16.8 Å². The van der Waals surface area contributed by atoms with Crippen LogP contribution in [0.25, 0.3) is 0 Å². The van der Waals surface area contributed by atoms with E-state index in [4.69, 9.17) is 0 Å². The van der Waals surface area contributed by atoms with E-state index < -0.39 is 6.10 Å². The molecule has 0 amide bonds. The second-order valence-electron chi connectivity index (χ2n) is 5.38. The highest BCUT2D eigenvalue weighted by atomic mass is 32.1. The number of aliphatic hydroxyl groups is 1. The Balaban J connectivity index is 2.08. The monoisotopic (exact) mass is 262 g/mol. The van der Waals surface area contributed by atoms with Crippen LogP contribution in [-0.2, 0) is 11.8 Å². The van der Waals surface area contributed by atoms with Gasteiger partial charge in [0.15, 0.2) is 0 Å². The fourth-order valence-electron chi connectivity index (χ4n) is 1.61. The Hall–Kier alpha value is -1.26. The van der Waals surface area contributed by atoms with Crippen LogP contribution >= 0.6 is 11.3 Å². The van der Waals surface area contributed by atoms with E-state index >= 15 is 0 Å². The molecular formula is C14H18N2OS. The summed E-state index contributed by atoms with van der Waals surface area (Å²) in [6.07, 6.45) is 3.42. The first-order chi connectivity index (χ1) is 8.47. The number of pyridine rings is 1. The van der Waals surface area contributed by atoms with Gasteiger partial charge < -0.3 is 5.11 Å². The molecule has 0 aromatic carbocycles. The van der Waals surface area contributed by atoms with E-state index in [1.165, 1.54) is 0 Å². The lowest BCUT2D eigenvalue weighted by molar-refractivity contribution is 0.178. The molecule has 2 aromatic rings. The summed E-state index contributed by atoms with van der Waals surface area (Å²) in [5.41, 5.74) is 1.99. The van der Waals surface area contributed by atoms with Gasteiger partial charge in [-0.05, 0) is 11.6 Å². The minimum Gasteiger partial charge on any atom is -0.388 e. The van der Waals surface area contributed by atoms with Gasteiger partial charge in [-0.1, -0.05) is 26.8 Å². The smallest absolute Gasteiger partial charge is 0.0957 e. The molecular weight excluding hydrogens is 244 g/mol. The quantitative estimate of drug-likeness (QED) is 0.924. The highest BCUT2D eigenvalue weighted by Crippen LogP contribution is 2.26. The normalized spacial score (nSPS) is 13.6. The predicted octanol–water partition coefficient (Wildman–Crippen LogP) is 3.11. The van der Waals surface area contributed by atoms with Crippen LogP contribution in [0.2, 0.25) is 0 Å². The van der Waals surface area contributed by atoms with Crippen LogP contribution in [0.4, 0.5) is 0 Å². The number of hydrogen-bond acceptors (Lipinski definition) is 4. The molecule has 0 aliphatic carbocycles. The van der Waals surface area contributed by atoms with Gasteiger partial charge in [0.2, 0.25) is 0 Å². The average molecular weight is 262 g/mol. The first-order valence-corrected chi connectivity index (χ1v) is 6.87. The Morgan fingerprint density at radius 2 is 2.17 bits per heavy atom. The van der Waals surface area contributed by atoms with E-state index in [2.05, 4.69) is 36.1 Å². The Morgan fingerprint density at radius 3 is 2.72 bits per heavy atom. The maximum Gasteiger partial charge on any atom is 0.0957 e. The van der Waals surface area contributed by atoms with Crippen molar-refractivity contribution in [3.8, 4) is 0 Å². The Labute approximate surface area is 112 Å². The molecule has 0 spiro atoms. The average Bonchev–Trinajstić information content (AvgIpc) is 2.78. The zero-order valence-electron chi connectivity index (χ0n) is 10.9. The fourth-order valence-corrected chi connectivity index (χ4v) is 2.66. The van der Waals surface area contributed by atoms with E-state index in [0.717, 1.165) is 16.3 Å². The third kappa shape index (κ3) is 3.15. The van der Waals surface area contributed by atoms with Gasteiger partial charge in [0.1, 0.15) is 0 Å². The third-order valence-corrected chi connectivity index (χ3v) is 3.63. The molecule has 0 aliphatic heterocycles. The van der Waals surface area contributed by atoms with Gasteiger partial charge >= 0.3 is 0 Å². The van der Waals surface area contributed by atoms with Gasteiger partial charge in [-0.25, -0.2) is 4.98 Å². The lowest BCUT2D eigenvalue weighted by Crippen LogP contribution is -2.12. The zero-order chi connectivity index (χ0) is 13.2. The third-order valence-electron chi connectivity index (χ3n) is 2.76. The van der Waals surface area contributed by atoms with E-state index in [9.17, 15) is 5.11 Å². The molecule has 0 bridgehead atoms. The summed E-state index contributed by atoms with van der Waals surface area (Å²) in [6, 6.07) is 3.72. The molecule has 18 heavy (non-hydrogen) atoms. The standard InChI is InChI=1S/C14H18N2OS/c1-14(2,3)12-9-18-13(16-12)7-11(17)10-5-4-6-15-8-10/h4-6,8-9,11,17H,7H2,1-3H3. The molecule has 0 saturated carbocycles. The molecule has 2 heterocycles. The molecule has 0 fully saturated rings. The number of nitrogens with zero attached hydrogens (tertiary/aromatic N) is 2. The van der Waals surface area contributed by atoms with Crippen LogP contribution in [-0.4, -0.2) is 15.1 Å². The van der Waals surface area contributed by atoms with Gasteiger partial charge in [-0.15, -0.1) is 11.3 Å². The van der Waals surface area contributed by atoms with Gasteiger partial charge in [-0.3, -0.25) is 4.98 Å². The van der Waals surface area contributed by atoms with Gasteiger partial charge in [0, 0.05) is 29.6 Å². The summed E-state index contributed by atoms with van der Waals surface area (Å²) in [4.78, 5) is 8.60. The van der Waals surface area contributed by atoms with E-state index in [1.807, 2.05) is 12.1 Å². The van der Waals surface area contributed by atoms with Crippen molar-refractivity contribution < 1.29 is 5.11 Å². The van der Waals surface area contributed by atoms with Crippen molar-refractivity contribution in [1.29, 1.82) is 0 Å². The van der Waals surface area contributed by atoms with E-state index in [-0.39, 0.29) is 5.41 Å². The fraction of sp³-hybridized carbons (Fsp3) is 0.429. The van der Waals surface area contributed by atoms with Crippen molar-refractivity contribution in [3.63, 3.8) is 0 Å². The number of thiazole rings is 1. The summed E-state index contributed by atoms with van der Waals surface area (Å²) in [7, 11) is 0. The molecule has 96 valence electrons. The zero-order valence-corrected chi connectivity index (χ0v) is 11.7. The Morgan fingerprint density at radius 1 is 1.39 bits per heavy atom. The van der Waals surface area contributed by atoms with Crippen molar-refractivity contribution in [2.45, 2.75) is 38.7 Å². The first kappa shape index (κ1) is 13.2. The lowest BCUT2D eigenvalue weighted by atomic mass is 9.93. The Bertz CT molecular complexity index is 502. The van der Waals surface area contributed by atoms with Crippen LogP contribution < -0.4 is 0 Å². The van der Waals surface area contributed by atoms with Crippen molar-refractivity contribution >= 4 is 11.3 Å². The first-order valence-electron chi connectivity index (χ1n) is 5.99.